The van der Waals surface area contributed by atoms with Crippen LogP contribution in [0, 0.1) is 11.8 Å². The molecule has 4 heteroatoms. The fourth-order valence-corrected chi connectivity index (χ4v) is 3.34. The minimum Gasteiger partial charge on any atom is -0.497 e. The molecule has 0 aromatic heterocycles. The van der Waals surface area contributed by atoms with Gasteiger partial charge in [0.05, 0.1) is 13.0 Å². The third-order valence-corrected chi connectivity index (χ3v) is 4.78. The Kier molecular flexibility index (Phi) is 4.33. The van der Waals surface area contributed by atoms with Crippen LogP contribution in [-0.4, -0.2) is 24.0 Å². The summed E-state index contributed by atoms with van der Waals surface area (Å²) < 4.78 is 5.21. The minimum absolute atomic E-state index is 0.0544. The lowest BCUT2D eigenvalue weighted by Crippen LogP contribution is -2.25. The first-order chi connectivity index (χ1) is 11.1. The summed E-state index contributed by atoms with van der Waals surface area (Å²) >= 11 is 0. The molecule has 23 heavy (non-hydrogen) atoms. The number of ether oxygens (including phenoxy) is 1. The van der Waals surface area contributed by atoms with Gasteiger partial charge in [-0.3, -0.25) is 9.59 Å². The molecular formula is C19H20O4. The predicted octanol–water partition coefficient (Wildman–Crippen LogP) is 3.92. The molecule has 1 aliphatic rings. The standard InChI is InChI=1S/C19H20O4/c1-23-17-9-8-14-10-16(7-6-15(14)11-17)18(20)12-2-4-13(5-3-12)19(21)22/h6-13H,2-5H2,1H3,(H,21,22). The van der Waals surface area contributed by atoms with E-state index >= 15 is 0 Å². The average molecular weight is 312 g/mol. The van der Waals surface area contributed by atoms with Crippen LogP contribution >= 0.6 is 0 Å². The maximum atomic E-state index is 12.7. The number of carboxylic acid groups (broad SMARTS) is 1. The monoisotopic (exact) mass is 312 g/mol. The first-order valence-corrected chi connectivity index (χ1v) is 7.93. The summed E-state index contributed by atoms with van der Waals surface area (Å²) in [6, 6.07) is 11.5. The van der Waals surface area contributed by atoms with Crippen LogP contribution < -0.4 is 4.74 Å². The highest BCUT2D eigenvalue weighted by Crippen LogP contribution is 2.32. The molecule has 2 aromatic carbocycles. The number of ketones is 1. The fourth-order valence-electron chi connectivity index (χ4n) is 3.34. The number of rotatable bonds is 4. The van der Waals surface area contributed by atoms with Crippen molar-refractivity contribution in [2.24, 2.45) is 11.8 Å². The Hall–Kier alpha value is -2.36. The Morgan fingerprint density at radius 2 is 1.57 bits per heavy atom. The molecule has 2 aromatic rings. The lowest BCUT2D eigenvalue weighted by molar-refractivity contribution is -0.143. The lowest BCUT2D eigenvalue weighted by atomic mass is 9.78. The van der Waals surface area contributed by atoms with Gasteiger partial charge in [0.25, 0.3) is 0 Å². The largest absolute Gasteiger partial charge is 0.497 e. The fraction of sp³-hybridized carbons (Fsp3) is 0.368. The van der Waals surface area contributed by atoms with Crippen LogP contribution in [0.25, 0.3) is 10.8 Å². The van der Waals surface area contributed by atoms with E-state index in [1.54, 1.807) is 7.11 Å². The van der Waals surface area contributed by atoms with Crippen LogP contribution in [0.3, 0.4) is 0 Å². The number of carbonyl (C=O) groups is 2. The number of aliphatic carboxylic acids is 1. The Bertz CT molecular complexity index is 742. The number of hydrogen-bond acceptors (Lipinski definition) is 3. The number of carbonyl (C=O) groups excluding carboxylic acids is 1. The summed E-state index contributed by atoms with van der Waals surface area (Å²) in [6.45, 7) is 0. The molecule has 0 heterocycles. The van der Waals surface area contributed by atoms with Crippen molar-refractivity contribution in [3.8, 4) is 5.75 Å². The van der Waals surface area contributed by atoms with E-state index in [4.69, 9.17) is 9.84 Å². The van der Waals surface area contributed by atoms with E-state index in [0.29, 0.717) is 31.2 Å². The van der Waals surface area contributed by atoms with E-state index in [1.807, 2.05) is 36.4 Å². The van der Waals surface area contributed by atoms with Crippen molar-refractivity contribution in [2.45, 2.75) is 25.7 Å². The van der Waals surface area contributed by atoms with Crippen molar-refractivity contribution >= 4 is 22.5 Å². The summed E-state index contributed by atoms with van der Waals surface area (Å²) in [5.74, 6) is -0.157. The highest BCUT2D eigenvalue weighted by molar-refractivity contribution is 6.01. The third-order valence-electron chi connectivity index (χ3n) is 4.78. The number of benzene rings is 2. The summed E-state index contributed by atoms with van der Waals surface area (Å²) in [6.07, 6.45) is 2.51. The second kappa shape index (κ2) is 6.41. The third kappa shape index (κ3) is 3.21. The summed E-state index contributed by atoms with van der Waals surface area (Å²) in [4.78, 5) is 23.7. The van der Waals surface area contributed by atoms with E-state index < -0.39 is 5.97 Å². The molecule has 1 N–H and O–H groups in total. The van der Waals surface area contributed by atoms with Crippen LogP contribution in [0.2, 0.25) is 0 Å². The van der Waals surface area contributed by atoms with Gasteiger partial charge < -0.3 is 9.84 Å². The van der Waals surface area contributed by atoms with Crippen molar-refractivity contribution in [2.75, 3.05) is 7.11 Å². The van der Waals surface area contributed by atoms with Gasteiger partial charge in [0.2, 0.25) is 0 Å². The Labute approximate surface area is 135 Å². The average Bonchev–Trinajstić information content (AvgIpc) is 2.60. The van der Waals surface area contributed by atoms with E-state index in [2.05, 4.69) is 0 Å². The van der Waals surface area contributed by atoms with E-state index in [0.717, 1.165) is 16.5 Å². The molecule has 0 spiro atoms. The van der Waals surface area contributed by atoms with Crippen molar-refractivity contribution in [1.29, 1.82) is 0 Å². The zero-order valence-electron chi connectivity index (χ0n) is 13.1. The smallest absolute Gasteiger partial charge is 0.306 e. The highest BCUT2D eigenvalue weighted by Gasteiger charge is 2.30. The molecule has 0 radical (unpaired) electrons. The van der Waals surface area contributed by atoms with Gasteiger partial charge in [0.1, 0.15) is 5.75 Å². The van der Waals surface area contributed by atoms with E-state index in [9.17, 15) is 9.59 Å². The molecule has 0 bridgehead atoms. The number of hydrogen-bond donors (Lipinski definition) is 1. The maximum Gasteiger partial charge on any atom is 0.306 e. The first kappa shape index (κ1) is 15.5. The summed E-state index contributed by atoms with van der Waals surface area (Å²) in [7, 11) is 1.63. The second-order valence-corrected chi connectivity index (χ2v) is 6.18. The molecule has 0 atom stereocenters. The van der Waals surface area contributed by atoms with Crippen molar-refractivity contribution < 1.29 is 19.4 Å². The minimum atomic E-state index is -0.740. The molecule has 0 unspecified atom stereocenters. The first-order valence-electron chi connectivity index (χ1n) is 7.93. The van der Waals surface area contributed by atoms with Gasteiger partial charge >= 0.3 is 5.97 Å². The number of fused-ring (bicyclic) bond motifs is 1. The van der Waals surface area contributed by atoms with Gasteiger partial charge in [-0.2, -0.15) is 0 Å². The van der Waals surface area contributed by atoms with Crippen molar-refractivity contribution in [3.63, 3.8) is 0 Å². The summed E-state index contributed by atoms with van der Waals surface area (Å²) in [5, 5.41) is 11.1. The molecule has 1 aliphatic carbocycles. The van der Waals surface area contributed by atoms with Crippen LogP contribution in [0.15, 0.2) is 36.4 Å². The van der Waals surface area contributed by atoms with Gasteiger partial charge in [0, 0.05) is 11.5 Å². The molecule has 0 aliphatic heterocycles. The van der Waals surface area contributed by atoms with Gasteiger partial charge in [-0.25, -0.2) is 0 Å². The molecule has 0 amide bonds. The molecule has 1 saturated carbocycles. The molecule has 4 nitrogen and oxygen atoms in total. The number of Topliss-reactive ketones (excluding diaryl/α,β-unsaturated/α-hetero) is 1. The van der Waals surface area contributed by atoms with Gasteiger partial charge in [0.15, 0.2) is 5.78 Å². The number of carboxylic acids is 1. The normalized spacial score (nSPS) is 21.1. The SMILES string of the molecule is COc1ccc2cc(C(=O)C3CCC(C(=O)O)CC3)ccc2c1. The van der Waals surface area contributed by atoms with E-state index in [1.165, 1.54) is 0 Å². The Balaban J connectivity index is 1.77. The second-order valence-electron chi connectivity index (χ2n) is 6.18. The van der Waals surface area contributed by atoms with Crippen LogP contribution in [0.5, 0.6) is 5.75 Å². The van der Waals surface area contributed by atoms with Gasteiger partial charge in [-0.05, 0) is 54.7 Å². The lowest BCUT2D eigenvalue weighted by Gasteiger charge is -2.25. The molecule has 0 saturated heterocycles. The molecule has 1 fully saturated rings. The Morgan fingerprint density at radius 1 is 0.957 bits per heavy atom. The zero-order valence-corrected chi connectivity index (χ0v) is 13.1. The van der Waals surface area contributed by atoms with Gasteiger partial charge in [-0.1, -0.05) is 18.2 Å². The highest BCUT2D eigenvalue weighted by atomic mass is 16.5. The predicted molar refractivity (Wildman–Crippen MR) is 87.9 cm³/mol. The molecular weight excluding hydrogens is 292 g/mol. The maximum absolute atomic E-state index is 12.7. The molecule has 3 rings (SSSR count). The number of methoxy groups -OCH3 is 1. The van der Waals surface area contributed by atoms with Crippen LogP contribution in [0.1, 0.15) is 36.0 Å². The molecule has 120 valence electrons. The van der Waals surface area contributed by atoms with Gasteiger partial charge in [-0.15, -0.1) is 0 Å². The Morgan fingerprint density at radius 3 is 2.22 bits per heavy atom. The van der Waals surface area contributed by atoms with Crippen molar-refractivity contribution in [3.05, 3.63) is 42.0 Å². The van der Waals surface area contributed by atoms with Crippen molar-refractivity contribution in [1.82, 2.24) is 0 Å². The van der Waals surface area contributed by atoms with Crippen LogP contribution in [-0.2, 0) is 4.79 Å². The zero-order chi connectivity index (χ0) is 16.4. The topological polar surface area (TPSA) is 63.6 Å². The summed E-state index contributed by atoms with van der Waals surface area (Å²) in [5.41, 5.74) is 0.710. The van der Waals surface area contributed by atoms with Crippen LogP contribution in [0.4, 0.5) is 0 Å². The van der Waals surface area contributed by atoms with E-state index in [-0.39, 0.29) is 17.6 Å². The quantitative estimate of drug-likeness (QED) is 0.869.